The van der Waals surface area contributed by atoms with Crippen LogP contribution < -0.4 is 10.2 Å². The van der Waals surface area contributed by atoms with E-state index in [2.05, 4.69) is 19.2 Å². The molecule has 0 aromatic rings. The first-order valence-corrected chi connectivity index (χ1v) is 31.5. The Bertz CT molecular complexity index is 1120. The van der Waals surface area contributed by atoms with Gasteiger partial charge in [0.1, 0.15) is 13.2 Å². The largest absolute Gasteiger partial charge is 0.756 e. The van der Waals surface area contributed by atoms with Gasteiger partial charge in [-0.25, -0.2) is 0 Å². The molecule has 0 saturated heterocycles. The van der Waals surface area contributed by atoms with Gasteiger partial charge in [-0.1, -0.05) is 296 Å². The summed E-state index contributed by atoms with van der Waals surface area (Å²) in [5.41, 5.74) is 0. The maximum atomic E-state index is 13.0. The topological polar surface area (TPSA) is 108 Å². The molecule has 0 aliphatic rings. The van der Waals surface area contributed by atoms with Crippen molar-refractivity contribution in [3.63, 3.8) is 0 Å². The Labute approximate surface area is 424 Å². The molecule has 3 atom stereocenters. The quantitative estimate of drug-likeness (QED) is 0.0272. The molecule has 0 aliphatic carbocycles. The SMILES string of the molecule is CCCCCCCCCCCCCCCCCC/C=C/C(O)C(COP(=O)([O-])OCC[N+](C)(C)C)NC(=O)CCCCCCCCCCCCCCCCCCCCCCCCCCCCCC. The highest BCUT2D eigenvalue weighted by molar-refractivity contribution is 7.45. The van der Waals surface area contributed by atoms with E-state index >= 15 is 0 Å². The van der Waals surface area contributed by atoms with Gasteiger partial charge in [0.05, 0.1) is 39.9 Å². The smallest absolute Gasteiger partial charge is 0.268 e. The van der Waals surface area contributed by atoms with E-state index in [1.54, 1.807) is 6.08 Å². The Morgan fingerprint density at radius 3 is 1.10 bits per heavy atom. The molecule has 9 heteroatoms. The molecular formula is C59H119N2O6P. The summed E-state index contributed by atoms with van der Waals surface area (Å²) in [6.07, 6.45) is 63.0. The van der Waals surface area contributed by atoms with Crippen LogP contribution in [0, 0.1) is 0 Å². The van der Waals surface area contributed by atoms with E-state index in [9.17, 15) is 19.4 Å². The summed E-state index contributed by atoms with van der Waals surface area (Å²) in [6, 6.07) is -0.882. The van der Waals surface area contributed by atoms with Crippen LogP contribution in [0.25, 0.3) is 0 Å². The fraction of sp³-hybridized carbons (Fsp3) is 0.949. The molecule has 0 spiro atoms. The van der Waals surface area contributed by atoms with Gasteiger partial charge in [0.2, 0.25) is 5.91 Å². The number of aliphatic hydroxyl groups is 1. The Morgan fingerprint density at radius 2 is 0.794 bits per heavy atom. The summed E-state index contributed by atoms with van der Waals surface area (Å²) in [7, 11) is 1.28. The summed E-state index contributed by atoms with van der Waals surface area (Å²) < 4.78 is 23.4. The van der Waals surface area contributed by atoms with Gasteiger partial charge in [-0.15, -0.1) is 0 Å². The number of hydrogen-bond acceptors (Lipinski definition) is 6. The number of amides is 1. The number of phosphoric ester groups is 1. The fourth-order valence-electron chi connectivity index (χ4n) is 9.27. The van der Waals surface area contributed by atoms with Crippen LogP contribution in [0.3, 0.4) is 0 Å². The number of likely N-dealkylation sites (N-methyl/N-ethyl adjacent to an activating group) is 1. The summed E-state index contributed by atoms with van der Waals surface area (Å²) in [5.74, 6) is -0.189. The summed E-state index contributed by atoms with van der Waals surface area (Å²) in [6.45, 7) is 4.70. The number of nitrogens with zero attached hydrogens (tertiary/aromatic N) is 1. The van der Waals surface area contributed by atoms with Crippen LogP contribution in [0.1, 0.15) is 309 Å². The van der Waals surface area contributed by atoms with Gasteiger partial charge in [-0.3, -0.25) is 9.36 Å². The second kappa shape index (κ2) is 51.2. The van der Waals surface area contributed by atoms with Crippen molar-refractivity contribution >= 4 is 13.7 Å². The molecule has 0 aromatic heterocycles. The average Bonchev–Trinajstić information content (AvgIpc) is 3.30. The molecule has 0 fully saturated rings. The number of hydrogen-bond donors (Lipinski definition) is 2. The van der Waals surface area contributed by atoms with Gasteiger partial charge in [-0.2, -0.15) is 0 Å². The first-order chi connectivity index (χ1) is 33.0. The van der Waals surface area contributed by atoms with Gasteiger partial charge in [-0.05, 0) is 19.3 Å². The third kappa shape index (κ3) is 53.0. The third-order valence-electron chi connectivity index (χ3n) is 14.0. The van der Waals surface area contributed by atoms with Crippen LogP contribution in [0.2, 0.25) is 0 Å². The zero-order valence-corrected chi connectivity index (χ0v) is 47.2. The van der Waals surface area contributed by atoms with Crippen molar-refractivity contribution in [1.82, 2.24) is 5.32 Å². The molecule has 0 saturated carbocycles. The van der Waals surface area contributed by atoms with E-state index in [1.807, 2.05) is 27.2 Å². The molecule has 0 radical (unpaired) electrons. The van der Waals surface area contributed by atoms with E-state index in [4.69, 9.17) is 9.05 Å². The van der Waals surface area contributed by atoms with Crippen LogP contribution in [0.4, 0.5) is 0 Å². The molecule has 68 heavy (non-hydrogen) atoms. The van der Waals surface area contributed by atoms with E-state index in [0.717, 1.165) is 38.5 Å². The van der Waals surface area contributed by atoms with Gasteiger partial charge in [0.25, 0.3) is 7.82 Å². The molecule has 406 valence electrons. The Morgan fingerprint density at radius 1 is 0.500 bits per heavy atom. The zero-order chi connectivity index (χ0) is 49.9. The number of quaternary nitrogens is 1. The van der Waals surface area contributed by atoms with Crippen molar-refractivity contribution in [2.24, 2.45) is 0 Å². The molecule has 8 nitrogen and oxygen atoms in total. The van der Waals surface area contributed by atoms with Crippen LogP contribution in [0.15, 0.2) is 12.2 Å². The van der Waals surface area contributed by atoms with E-state index in [1.165, 1.54) is 250 Å². The predicted octanol–water partition coefficient (Wildman–Crippen LogP) is 17.6. The maximum Gasteiger partial charge on any atom is 0.268 e. The highest BCUT2D eigenvalue weighted by Crippen LogP contribution is 2.38. The van der Waals surface area contributed by atoms with Crippen molar-refractivity contribution in [3.05, 3.63) is 12.2 Å². The van der Waals surface area contributed by atoms with Crippen LogP contribution in [0.5, 0.6) is 0 Å². The standard InChI is InChI=1S/C59H119N2O6P/c1-6-8-10-12-14-16-18-20-22-24-26-27-28-29-30-31-32-33-34-35-37-39-41-43-45-47-49-51-53-59(63)60-57(56-67-68(64,65)66-55-54-61(3,4)5)58(62)52-50-48-46-44-42-40-38-36-25-23-21-19-17-15-13-11-9-7-2/h50,52,57-58,62H,6-49,51,53-56H2,1-5H3,(H-,60,63,64,65)/b52-50+. The maximum absolute atomic E-state index is 13.0. The summed E-state index contributed by atoms with van der Waals surface area (Å²) >= 11 is 0. The molecule has 0 rings (SSSR count). The number of unbranched alkanes of at least 4 members (excludes halogenated alkanes) is 43. The normalized spacial score (nSPS) is 13.9. The number of phosphoric acid groups is 1. The lowest BCUT2D eigenvalue weighted by Crippen LogP contribution is -2.45. The Balaban J connectivity index is 4.09. The van der Waals surface area contributed by atoms with Crippen LogP contribution >= 0.6 is 7.82 Å². The van der Waals surface area contributed by atoms with Crippen molar-refractivity contribution in [2.75, 3.05) is 40.9 Å². The highest BCUT2D eigenvalue weighted by Gasteiger charge is 2.23. The van der Waals surface area contributed by atoms with Gasteiger partial charge in [0.15, 0.2) is 0 Å². The van der Waals surface area contributed by atoms with E-state index < -0.39 is 20.0 Å². The third-order valence-corrected chi connectivity index (χ3v) is 15.0. The second-order valence-electron chi connectivity index (χ2n) is 22.1. The van der Waals surface area contributed by atoms with Gasteiger partial charge < -0.3 is 28.8 Å². The minimum Gasteiger partial charge on any atom is -0.756 e. The van der Waals surface area contributed by atoms with Gasteiger partial charge >= 0.3 is 0 Å². The van der Waals surface area contributed by atoms with Crippen molar-refractivity contribution in [3.8, 4) is 0 Å². The molecule has 1 amide bonds. The second-order valence-corrected chi connectivity index (χ2v) is 23.5. The number of aliphatic hydroxyl groups excluding tert-OH is 1. The summed E-state index contributed by atoms with van der Waals surface area (Å²) in [4.78, 5) is 25.5. The van der Waals surface area contributed by atoms with Crippen molar-refractivity contribution < 1.29 is 32.9 Å². The molecular weight excluding hydrogens is 864 g/mol. The molecule has 0 aliphatic heterocycles. The molecule has 3 unspecified atom stereocenters. The van der Waals surface area contributed by atoms with Crippen LogP contribution in [-0.4, -0.2) is 68.5 Å². The predicted molar refractivity (Wildman–Crippen MR) is 293 cm³/mol. The molecule has 2 N–H and O–H groups in total. The fourth-order valence-corrected chi connectivity index (χ4v) is 10.00. The lowest BCUT2D eigenvalue weighted by atomic mass is 10.0. The average molecular weight is 984 g/mol. The lowest BCUT2D eigenvalue weighted by Gasteiger charge is -2.29. The highest BCUT2D eigenvalue weighted by atomic mass is 31.2. The molecule has 0 bridgehead atoms. The number of nitrogens with one attached hydrogen (secondary N) is 1. The minimum absolute atomic E-state index is 0.00270. The lowest BCUT2D eigenvalue weighted by molar-refractivity contribution is -0.870. The Kier molecular flexibility index (Phi) is 50.6. The summed E-state index contributed by atoms with van der Waals surface area (Å²) in [5, 5.41) is 13.9. The first kappa shape index (κ1) is 67.2. The first-order valence-electron chi connectivity index (χ1n) is 30.1. The van der Waals surface area contributed by atoms with Gasteiger partial charge in [0, 0.05) is 6.42 Å². The van der Waals surface area contributed by atoms with E-state index in [-0.39, 0.29) is 19.1 Å². The van der Waals surface area contributed by atoms with Crippen molar-refractivity contribution in [2.45, 2.75) is 321 Å². The molecule has 0 heterocycles. The Hall–Kier alpha value is -0.760. The van der Waals surface area contributed by atoms with Crippen LogP contribution in [-0.2, 0) is 18.4 Å². The number of rotatable bonds is 56. The zero-order valence-electron chi connectivity index (χ0n) is 46.3. The number of carbonyl (C=O) groups excluding carboxylic acids is 1. The molecule has 0 aromatic carbocycles. The monoisotopic (exact) mass is 983 g/mol. The number of carbonyl (C=O) groups is 1. The van der Waals surface area contributed by atoms with E-state index in [0.29, 0.717) is 17.4 Å². The van der Waals surface area contributed by atoms with Crippen molar-refractivity contribution in [1.29, 1.82) is 0 Å². The minimum atomic E-state index is -4.59. The number of allylic oxidation sites excluding steroid dienone is 1.